The quantitative estimate of drug-likeness (QED) is 0.187. The molecule has 2 rings (SSSR count). The zero-order chi connectivity index (χ0) is 29.9. The molecular weight excluding hydrogens is 520 g/mol. The lowest BCUT2D eigenvalue weighted by Crippen LogP contribution is -2.60. The van der Waals surface area contributed by atoms with E-state index < -0.39 is 53.1 Å². The van der Waals surface area contributed by atoms with Crippen LogP contribution < -0.4 is 21.3 Å². The van der Waals surface area contributed by atoms with E-state index in [0.717, 1.165) is 0 Å². The molecule has 2 unspecified atom stereocenters. The summed E-state index contributed by atoms with van der Waals surface area (Å²) in [4.78, 5) is 79.8. The van der Waals surface area contributed by atoms with Gasteiger partial charge in [0.2, 0.25) is 23.5 Å². The van der Waals surface area contributed by atoms with Crippen molar-refractivity contribution in [1.82, 2.24) is 31.1 Å². The molecular formula is C27H44N6O7. The van der Waals surface area contributed by atoms with Crippen molar-refractivity contribution < 1.29 is 33.5 Å². The minimum Gasteiger partial charge on any atom is -0.378 e. The normalized spacial score (nSPS) is 18.8. The van der Waals surface area contributed by atoms with Crippen molar-refractivity contribution in [2.75, 3.05) is 45.9 Å². The fourth-order valence-electron chi connectivity index (χ4n) is 4.62. The van der Waals surface area contributed by atoms with Gasteiger partial charge in [-0.15, -0.1) is 6.58 Å². The number of nitrogens with zero attached hydrogens (tertiary/aromatic N) is 2. The summed E-state index contributed by atoms with van der Waals surface area (Å²) in [7, 11) is 0. The van der Waals surface area contributed by atoms with Crippen LogP contribution in [0.4, 0.5) is 4.79 Å². The smallest absolute Gasteiger partial charge is 0.315 e. The molecule has 3 atom stereocenters. The van der Waals surface area contributed by atoms with Gasteiger partial charge in [-0.3, -0.25) is 24.0 Å². The van der Waals surface area contributed by atoms with Crippen LogP contribution in [0.15, 0.2) is 12.7 Å². The molecule has 0 aromatic rings. The van der Waals surface area contributed by atoms with Crippen LogP contribution in [-0.4, -0.2) is 109 Å². The average Bonchev–Trinajstić information content (AvgIpc) is 3.42. The number of amides is 6. The number of Topliss-reactive ketones (excluding diaryl/α,β-unsaturated/α-hetero) is 1. The van der Waals surface area contributed by atoms with Crippen LogP contribution in [0.25, 0.3) is 0 Å². The van der Waals surface area contributed by atoms with Gasteiger partial charge in [-0.1, -0.05) is 40.2 Å². The lowest BCUT2D eigenvalue weighted by atomic mass is 9.85. The van der Waals surface area contributed by atoms with Crippen molar-refractivity contribution in [3.63, 3.8) is 0 Å². The van der Waals surface area contributed by atoms with E-state index in [1.807, 2.05) is 6.92 Å². The Morgan fingerprint density at radius 3 is 2.30 bits per heavy atom. The lowest BCUT2D eigenvalue weighted by Gasteiger charge is -2.35. The molecule has 0 aromatic heterocycles. The van der Waals surface area contributed by atoms with Gasteiger partial charge in [0, 0.05) is 26.2 Å². The van der Waals surface area contributed by atoms with Gasteiger partial charge in [-0.2, -0.15) is 0 Å². The highest BCUT2D eigenvalue weighted by Crippen LogP contribution is 2.26. The predicted molar refractivity (Wildman–Crippen MR) is 147 cm³/mol. The predicted octanol–water partition coefficient (Wildman–Crippen LogP) is -0.294. The monoisotopic (exact) mass is 564 g/mol. The van der Waals surface area contributed by atoms with Crippen LogP contribution in [-0.2, 0) is 28.7 Å². The minimum absolute atomic E-state index is 0.123. The van der Waals surface area contributed by atoms with E-state index >= 15 is 0 Å². The minimum atomic E-state index is -1.02. The molecule has 2 aliphatic rings. The molecule has 13 heteroatoms. The Hall–Kier alpha value is -3.48. The zero-order valence-electron chi connectivity index (χ0n) is 24.0. The molecule has 0 spiro atoms. The average molecular weight is 565 g/mol. The molecule has 0 radical (unpaired) electrons. The summed E-state index contributed by atoms with van der Waals surface area (Å²) in [5.41, 5.74) is -0.712. The van der Waals surface area contributed by atoms with E-state index in [0.29, 0.717) is 52.1 Å². The first-order valence-electron chi connectivity index (χ1n) is 13.8. The Kier molecular flexibility index (Phi) is 12.6. The largest absolute Gasteiger partial charge is 0.378 e. The van der Waals surface area contributed by atoms with Crippen LogP contribution in [0, 0.1) is 5.41 Å². The van der Waals surface area contributed by atoms with Crippen molar-refractivity contribution in [2.45, 2.75) is 71.5 Å². The number of morpholine rings is 1. The summed E-state index contributed by atoms with van der Waals surface area (Å²) >= 11 is 0. The molecule has 13 nitrogen and oxygen atoms in total. The first kappa shape index (κ1) is 32.7. The van der Waals surface area contributed by atoms with Crippen molar-refractivity contribution in [2.24, 2.45) is 5.41 Å². The number of rotatable bonds is 12. The summed E-state index contributed by atoms with van der Waals surface area (Å²) in [6.07, 6.45) is 3.21. The van der Waals surface area contributed by atoms with E-state index in [4.69, 9.17) is 4.74 Å². The highest BCUT2D eigenvalue weighted by atomic mass is 16.5. The number of nitrogens with one attached hydrogen (secondary N) is 4. The lowest BCUT2D eigenvalue weighted by molar-refractivity contribution is -0.143. The SMILES string of the molecule is C=CCNC(=O)C(=O)C(CCC)NC(=O)[C@@H]1CCCN1C(=O)C(NC(=O)NCC(=O)N1CCOCC1)C(C)(C)C. The Morgan fingerprint density at radius 2 is 1.70 bits per heavy atom. The second-order valence-electron chi connectivity index (χ2n) is 11.0. The molecule has 0 saturated carbocycles. The molecule has 2 heterocycles. The molecule has 0 aromatic carbocycles. The van der Waals surface area contributed by atoms with E-state index in [9.17, 15) is 28.8 Å². The molecule has 6 amide bonds. The fraction of sp³-hybridized carbons (Fsp3) is 0.704. The zero-order valence-corrected chi connectivity index (χ0v) is 24.0. The molecule has 40 heavy (non-hydrogen) atoms. The maximum atomic E-state index is 13.7. The van der Waals surface area contributed by atoms with Gasteiger partial charge in [0.25, 0.3) is 5.91 Å². The molecule has 0 bridgehead atoms. The van der Waals surface area contributed by atoms with Crippen LogP contribution >= 0.6 is 0 Å². The number of hydrogen-bond donors (Lipinski definition) is 4. The topological polar surface area (TPSA) is 166 Å². The highest BCUT2D eigenvalue weighted by Gasteiger charge is 2.42. The van der Waals surface area contributed by atoms with Crippen molar-refractivity contribution in [3.05, 3.63) is 12.7 Å². The van der Waals surface area contributed by atoms with E-state index in [1.54, 1.807) is 25.7 Å². The second kappa shape index (κ2) is 15.3. The van der Waals surface area contributed by atoms with Gasteiger partial charge < -0.3 is 35.8 Å². The Bertz CT molecular complexity index is 958. The van der Waals surface area contributed by atoms with Gasteiger partial charge in [0.1, 0.15) is 12.1 Å². The molecule has 0 aliphatic carbocycles. The summed E-state index contributed by atoms with van der Waals surface area (Å²) in [5, 5.41) is 10.3. The molecule has 224 valence electrons. The number of likely N-dealkylation sites (tertiary alicyclic amines) is 1. The van der Waals surface area contributed by atoms with E-state index in [-0.39, 0.29) is 25.4 Å². The Labute approximate surface area is 235 Å². The van der Waals surface area contributed by atoms with Gasteiger partial charge in [0.05, 0.1) is 25.8 Å². The van der Waals surface area contributed by atoms with Crippen LogP contribution in [0.1, 0.15) is 53.4 Å². The Balaban J connectivity index is 2.06. The maximum absolute atomic E-state index is 13.7. The second-order valence-corrected chi connectivity index (χ2v) is 11.0. The fourth-order valence-corrected chi connectivity index (χ4v) is 4.62. The van der Waals surface area contributed by atoms with Crippen LogP contribution in [0.2, 0.25) is 0 Å². The number of ketones is 1. The highest BCUT2D eigenvalue weighted by molar-refractivity contribution is 6.38. The van der Waals surface area contributed by atoms with Crippen LogP contribution in [0.3, 0.4) is 0 Å². The number of urea groups is 1. The van der Waals surface area contributed by atoms with E-state index in [2.05, 4.69) is 27.8 Å². The van der Waals surface area contributed by atoms with E-state index in [1.165, 1.54) is 11.0 Å². The maximum Gasteiger partial charge on any atom is 0.315 e. The number of ether oxygens (including phenoxy) is 1. The summed E-state index contributed by atoms with van der Waals surface area (Å²) < 4.78 is 5.23. The van der Waals surface area contributed by atoms with Gasteiger partial charge >= 0.3 is 6.03 Å². The van der Waals surface area contributed by atoms with Crippen molar-refractivity contribution in [3.8, 4) is 0 Å². The third kappa shape index (κ3) is 9.32. The van der Waals surface area contributed by atoms with Gasteiger partial charge in [0.15, 0.2) is 0 Å². The third-order valence-electron chi connectivity index (χ3n) is 6.83. The van der Waals surface area contributed by atoms with Crippen molar-refractivity contribution in [1.29, 1.82) is 0 Å². The number of carbonyl (C=O) groups is 6. The standard InChI is InChI=1S/C27H44N6O7/c1-6-9-18(21(35)24(37)28-11-7-2)30-23(36)19-10-8-12-33(19)25(38)22(27(3,4)5)31-26(39)29-17-20(34)32-13-15-40-16-14-32/h7,18-19,22H,2,6,8-17H2,1,3-5H3,(H,28,37)(H,30,36)(H2,29,31,39)/t18?,19-,22?/m0/s1. The number of carbonyl (C=O) groups excluding carboxylic acids is 6. The third-order valence-corrected chi connectivity index (χ3v) is 6.83. The van der Waals surface area contributed by atoms with Crippen molar-refractivity contribution >= 4 is 35.4 Å². The summed E-state index contributed by atoms with van der Waals surface area (Å²) in [6, 6.07) is -3.54. The van der Waals surface area contributed by atoms with Gasteiger partial charge in [-0.25, -0.2) is 4.79 Å². The van der Waals surface area contributed by atoms with Crippen LogP contribution in [0.5, 0.6) is 0 Å². The Morgan fingerprint density at radius 1 is 1.02 bits per heavy atom. The molecule has 2 fully saturated rings. The number of hydrogen-bond acceptors (Lipinski definition) is 7. The first-order chi connectivity index (χ1) is 18.9. The van der Waals surface area contributed by atoms with Gasteiger partial charge in [-0.05, 0) is 24.7 Å². The molecule has 4 N–H and O–H groups in total. The molecule has 2 saturated heterocycles. The first-order valence-corrected chi connectivity index (χ1v) is 13.8. The summed E-state index contributed by atoms with van der Waals surface area (Å²) in [5.74, 6) is -2.79. The molecule has 2 aliphatic heterocycles. The summed E-state index contributed by atoms with van der Waals surface area (Å²) in [6.45, 7) is 12.7.